The maximum Gasteiger partial charge on any atom is 0.318 e. The summed E-state index contributed by atoms with van der Waals surface area (Å²) in [5, 5.41) is 0. The van der Waals surface area contributed by atoms with Crippen LogP contribution in [0.15, 0.2) is 0 Å². The molecule has 0 unspecified atom stereocenters. The zero-order valence-corrected chi connectivity index (χ0v) is 13.5. The molecule has 2 aliphatic heterocycles. The van der Waals surface area contributed by atoms with Gasteiger partial charge in [-0.1, -0.05) is 0 Å². The summed E-state index contributed by atoms with van der Waals surface area (Å²) in [4.78, 5) is 27.0. The summed E-state index contributed by atoms with van der Waals surface area (Å²) in [5.74, 6) is 1.13. The molecule has 0 bridgehead atoms. The molecule has 1 aromatic heterocycles. The van der Waals surface area contributed by atoms with Gasteiger partial charge < -0.3 is 19.4 Å². The van der Waals surface area contributed by atoms with E-state index in [2.05, 4.69) is 26.8 Å². The number of carbonyl (C=O) groups excluding carboxylic acids is 1. The smallest absolute Gasteiger partial charge is 0.318 e. The van der Waals surface area contributed by atoms with Gasteiger partial charge in [-0.2, -0.15) is 9.97 Å². The van der Waals surface area contributed by atoms with Crippen LogP contribution in [0.1, 0.15) is 18.2 Å². The minimum Gasteiger partial charge on any atom is -0.467 e. The molecule has 0 atom stereocenters. The Kier molecular flexibility index (Phi) is 4.15. The Balaban J connectivity index is 1.87. The molecule has 22 heavy (non-hydrogen) atoms. The fourth-order valence-electron chi connectivity index (χ4n) is 3.11. The van der Waals surface area contributed by atoms with Crippen molar-refractivity contribution in [3.05, 3.63) is 11.3 Å². The number of hydrogen-bond donors (Lipinski definition) is 0. The highest BCUT2D eigenvalue weighted by Gasteiger charge is 2.26. The topological polar surface area (TPSA) is 61.8 Å². The quantitative estimate of drug-likeness (QED) is 0.775. The summed E-state index contributed by atoms with van der Waals surface area (Å²) >= 11 is 0. The molecule has 2 aliphatic rings. The third-order valence-electron chi connectivity index (χ3n) is 4.42. The first kappa shape index (κ1) is 15.0. The predicted octanol–water partition coefficient (Wildman–Crippen LogP) is 0.142. The number of aromatic nitrogens is 2. The number of anilines is 1. The molecule has 7 heteroatoms. The zero-order valence-electron chi connectivity index (χ0n) is 13.5. The molecule has 0 radical (unpaired) electrons. The van der Waals surface area contributed by atoms with Crippen LogP contribution < -0.4 is 9.64 Å². The average molecular weight is 305 g/mol. The molecule has 7 nitrogen and oxygen atoms in total. The molecule has 0 aromatic carbocycles. The number of likely N-dealkylation sites (N-methyl/N-ethyl adjacent to an activating group) is 1. The van der Waals surface area contributed by atoms with Gasteiger partial charge >= 0.3 is 6.01 Å². The van der Waals surface area contributed by atoms with E-state index in [1.54, 1.807) is 14.0 Å². The van der Waals surface area contributed by atoms with Crippen molar-refractivity contribution in [1.29, 1.82) is 0 Å². The molecule has 1 amide bonds. The van der Waals surface area contributed by atoms with E-state index in [1.807, 2.05) is 4.90 Å². The van der Waals surface area contributed by atoms with E-state index in [9.17, 15) is 4.79 Å². The lowest BCUT2D eigenvalue weighted by molar-refractivity contribution is -0.129. The number of nitrogens with zero attached hydrogens (tertiary/aromatic N) is 5. The van der Waals surface area contributed by atoms with Crippen LogP contribution in [0.25, 0.3) is 0 Å². The van der Waals surface area contributed by atoms with Crippen LogP contribution in [0.4, 0.5) is 5.82 Å². The van der Waals surface area contributed by atoms with E-state index in [0.29, 0.717) is 6.01 Å². The lowest BCUT2D eigenvalue weighted by Crippen LogP contribution is -2.49. The van der Waals surface area contributed by atoms with Gasteiger partial charge in [-0.05, 0) is 13.5 Å². The van der Waals surface area contributed by atoms with Gasteiger partial charge in [0.2, 0.25) is 5.91 Å². The molecule has 120 valence electrons. The van der Waals surface area contributed by atoms with Crippen LogP contribution in [-0.2, 0) is 17.8 Å². The number of hydrogen-bond acceptors (Lipinski definition) is 6. The van der Waals surface area contributed by atoms with E-state index in [0.717, 1.165) is 57.2 Å². The number of piperazine rings is 1. The maximum absolute atomic E-state index is 11.5. The Morgan fingerprint density at radius 3 is 2.50 bits per heavy atom. The number of fused-ring (bicyclic) bond motifs is 1. The summed E-state index contributed by atoms with van der Waals surface area (Å²) in [5.41, 5.74) is 2.29. The van der Waals surface area contributed by atoms with E-state index in [-0.39, 0.29) is 5.91 Å². The molecular weight excluding hydrogens is 282 g/mol. The van der Waals surface area contributed by atoms with Gasteiger partial charge in [0.05, 0.1) is 12.8 Å². The first-order valence-electron chi connectivity index (χ1n) is 7.71. The third kappa shape index (κ3) is 2.85. The Bertz CT molecular complexity index is 569. The first-order valence-corrected chi connectivity index (χ1v) is 7.71. The van der Waals surface area contributed by atoms with Crippen molar-refractivity contribution in [3.8, 4) is 6.01 Å². The first-order chi connectivity index (χ1) is 10.6. The van der Waals surface area contributed by atoms with Crippen LogP contribution >= 0.6 is 0 Å². The lowest BCUT2D eigenvalue weighted by atomic mass is 10.1. The highest BCUT2D eigenvalue weighted by atomic mass is 16.5. The maximum atomic E-state index is 11.5. The second-order valence-corrected chi connectivity index (χ2v) is 5.94. The van der Waals surface area contributed by atoms with Gasteiger partial charge in [-0.15, -0.1) is 0 Å². The number of carbonyl (C=O) groups is 1. The average Bonchev–Trinajstić information content (AvgIpc) is 2.53. The Morgan fingerprint density at radius 2 is 1.86 bits per heavy atom. The zero-order chi connectivity index (χ0) is 15.7. The molecule has 0 aliphatic carbocycles. The standard InChI is InChI=1S/C15H23N5O2/c1-11(21)19-6-8-20(9-7-19)14-12-4-5-18(2)10-13(12)16-15(17-14)22-3/h4-10H2,1-3H3. The largest absolute Gasteiger partial charge is 0.467 e. The van der Waals surface area contributed by atoms with Crippen molar-refractivity contribution in [1.82, 2.24) is 19.8 Å². The summed E-state index contributed by atoms with van der Waals surface area (Å²) in [6.45, 7) is 6.58. The lowest BCUT2D eigenvalue weighted by Gasteiger charge is -2.37. The van der Waals surface area contributed by atoms with Crippen molar-refractivity contribution >= 4 is 11.7 Å². The molecule has 1 fully saturated rings. The summed E-state index contributed by atoms with van der Waals surface area (Å²) < 4.78 is 5.27. The predicted molar refractivity (Wildman–Crippen MR) is 83.1 cm³/mol. The fraction of sp³-hybridized carbons (Fsp3) is 0.667. The molecule has 3 heterocycles. The SMILES string of the molecule is COc1nc2c(c(N3CCN(C(C)=O)CC3)n1)CCN(C)C2. The number of ether oxygens (including phenoxy) is 1. The molecule has 3 rings (SSSR count). The van der Waals surface area contributed by atoms with Gasteiger partial charge in [-0.25, -0.2) is 0 Å². The minimum absolute atomic E-state index is 0.142. The van der Waals surface area contributed by atoms with E-state index >= 15 is 0 Å². The van der Waals surface area contributed by atoms with Crippen molar-refractivity contribution in [2.45, 2.75) is 19.9 Å². The molecule has 1 aromatic rings. The Hall–Kier alpha value is -1.89. The molecular formula is C15H23N5O2. The number of methoxy groups -OCH3 is 1. The van der Waals surface area contributed by atoms with Crippen LogP contribution in [0.2, 0.25) is 0 Å². The Morgan fingerprint density at radius 1 is 1.14 bits per heavy atom. The molecule has 0 N–H and O–H groups in total. The van der Waals surface area contributed by atoms with Crippen molar-refractivity contribution < 1.29 is 9.53 Å². The highest BCUT2D eigenvalue weighted by Crippen LogP contribution is 2.28. The molecule has 0 saturated carbocycles. The minimum atomic E-state index is 0.142. The van der Waals surface area contributed by atoms with Crippen molar-refractivity contribution in [2.75, 3.05) is 51.8 Å². The summed E-state index contributed by atoms with van der Waals surface area (Å²) in [6, 6.07) is 0.429. The van der Waals surface area contributed by atoms with Gasteiger partial charge in [0, 0.05) is 51.8 Å². The second kappa shape index (κ2) is 6.08. The normalized spacial score (nSPS) is 19.0. The van der Waals surface area contributed by atoms with Crippen LogP contribution in [-0.4, -0.2) is 72.6 Å². The van der Waals surface area contributed by atoms with Gasteiger partial charge in [0.25, 0.3) is 0 Å². The van der Waals surface area contributed by atoms with E-state index in [4.69, 9.17) is 4.74 Å². The molecule has 1 saturated heterocycles. The number of rotatable bonds is 2. The van der Waals surface area contributed by atoms with E-state index in [1.165, 1.54) is 5.56 Å². The summed E-state index contributed by atoms with van der Waals surface area (Å²) in [6.07, 6.45) is 0.956. The summed E-state index contributed by atoms with van der Waals surface area (Å²) in [7, 11) is 3.70. The monoisotopic (exact) mass is 305 g/mol. The fourth-order valence-corrected chi connectivity index (χ4v) is 3.11. The van der Waals surface area contributed by atoms with Crippen molar-refractivity contribution in [3.63, 3.8) is 0 Å². The number of amides is 1. The van der Waals surface area contributed by atoms with Crippen LogP contribution in [0.5, 0.6) is 6.01 Å². The third-order valence-corrected chi connectivity index (χ3v) is 4.42. The van der Waals surface area contributed by atoms with Crippen molar-refractivity contribution in [2.24, 2.45) is 0 Å². The second-order valence-electron chi connectivity index (χ2n) is 5.94. The highest BCUT2D eigenvalue weighted by molar-refractivity contribution is 5.73. The molecule has 0 spiro atoms. The van der Waals surface area contributed by atoms with Gasteiger partial charge in [0.15, 0.2) is 0 Å². The van der Waals surface area contributed by atoms with Crippen LogP contribution in [0, 0.1) is 0 Å². The Labute approximate surface area is 130 Å². The van der Waals surface area contributed by atoms with E-state index < -0.39 is 0 Å². The van der Waals surface area contributed by atoms with Gasteiger partial charge in [0.1, 0.15) is 5.82 Å². The van der Waals surface area contributed by atoms with Crippen LogP contribution in [0.3, 0.4) is 0 Å². The van der Waals surface area contributed by atoms with Gasteiger partial charge in [-0.3, -0.25) is 4.79 Å².